The van der Waals surface area contributed by atoms with Crippen molar-refractivity contribution in [3.05, 3.63) is 35.4 Å². The maximum atomic E-state index is 10.5. The molecule has 1 aromatic rings. The molecule has 1 aliphatic rings. The Balaban J connectivity index is 0.00000144. The highest BCUT2D eigenvalue weighted by Gasteiger charge is 2.43. The number of halogens is 1. The van der Waals surface area contributed by atoms with E-state index in [4.69, 9.17) is 5.73 Å². The molecular weight excluding hydrogens is 242 g/mol. The van der Waals surface area contributed by atoms with Gasteiger partial charge in [-0.1, -0.05) is 24.3 Å². The molecule has 0 aliphatic heterocycles. The third kappa shape index (κ3) is 2.84. The Morgan fingerprint density at radius 2 is 1.88 bits per heavy atom. The molecule has 0 aromatic heterocycles. The van der Waals surface area contributed by atoms with E-state index in [0.29, 0.717) is 11.1 Å². The van der Waals surface area contributed by atoms with Crippen molar-refractivity contribution < 1.29 is 15.0 Å². The van der Waals surface area contributed by atoms with Gasteiger partial charge in [0, 0.05) is 11.1 Å². The number of aliphatic hydroxyl groups excluding tert-OH is 1. The first-order valence-corrected chi connectivity index (χ1v) is 5.30. The molecule has 2 rings (SSSR count). The maximum absolute atomic E-state index is 10.5. The highest BCUT2D eigenvalue weighted by Crippen LogP contribution is 2.38. The number of carbonyl (C=O) groups excluding carboxylic acids is 1. The first-order chi connectivity index (χ1) is 7.55. The van der Waals surface area contributed by atoms with E-state index in [2.05, 4.69) is 0 Å². The summed E-state index contributed by atoms with van der Waals surface area (Å²) < 4.78 is 0. The molecule has 0 unspecified atom stereocenters. The molecule has 17 heavy (non-hydrogen) atoms. The Kier molecular flexibility index (Phi) is 4.27. The molecule has 1 fully saturated rings. The average molecular weight is 258 g/mol. The van der Waals surface area contributed by atoms with Crippen LogP contribution in [0, 0.1) is 5.92 Å². The van der Waals surface area contributed by atoms with Crippen molar-refractivity contribution in [2.24, 2.45) is 11.7 Å². The molecule has 1 aromatic carbocycles. The van der Waals surface area contributed by atoms with Crippen LogP contribution in [-0.2, 0) is 5.72 Å². The molecule has 94 valence electrons. The van der Waals surface area contributed by atoms with Crippen molar-refractivity contribution in [3.63, 3.8) is 0 Å². The average Bonchev–Trinajstić information content (AvgIpc) is 3.12. The Hall–Kier alpha value is -0.940. The minimum atomic E-state index is -1.73. The third-order valence-corrected chi connectivity index (χ3v) is 3.03. The van der Waals surface area contributed by atoms with Crippen LogP contribution in [0.1, 0.15) is 28.8 Å². The number of hydrogen-bond acceptors (Lipinski definition) is 4. The summed E-state index contributed by atoms with van der Waals surface area (Å²) in [5.41, 5.74) is 4.94. The predicted molar refractivity (Wildman–Crippen MR) is 65.9 cm³/mol. The van der Waals surface area contributed by atoms with Gasteiger partial charge in [0.1, 0.15) is 12.4 Å². The van der Waals surface area contributed by atoms with Crippen molar-refractivity contribution in [1.82, 2.24) is 0 Å². The number of hydrogen-bond donors (Lipinski definition) is 3. The van der Waals surface area contributed by atoms with Crippen LogP contribution < -0.4 is 5.73 Å². The van der Waals surface area contributed by atoms with Gasteiger partial charge in [-0.2, -0.15) is 0 Å². The molecule has 1 saturated carbocycles. The van der Waals surface area contributed by atoms with Gasteiger partial charge in [-0.05, 0) is 18.8 Å². The van der Waals surface area contributed by atoms with Gasteiger partial charge in [-0.3, -0.25) is 10.5 Å². The number of benzene rings is 1. The van der Waals surface area contributed by atoms with Crippen molar-refractivity contribution in [3.8, 4) is 0 Å². The van der Waals surface area contributed by atoms with Crippen LogP contribution in [0.15, 0.2) is 24.3 Å². The lowest BCUT2D eigenvalue weighted by Crippen LogP contribution is -2.48. The fourth-order valence-electron chi connectivity index (χ4n) is 1.77. The van der Waals surface area contributed by atoms with Gasteiger partial charge in [0.25, 0.3) is 0 Å². The summed E-state index contributed by atoms with van der Waals surface area (Å²) in [6.45, 7) is 0. The quantitative estimate of drug-likeness (QED) is 0.550. The summed E-state index contributed by atoms with van der Waals surface area (Å²) in [5.74, 6) is 0.0840. The van der Waals surface area contributed by atoms with Crippen LogP contribution in [-0.4, -0.2) is 22.6 Å². The van der Waals surface area contributed by atoms with Crippen LogP contribution in [0.2, 0.25) is 0 Å². The largest absolute Gasteiger partial charge is 0.388 e. The standard InChI is InChI=1S/C12H15NO3.ClH/c13-12(16,11(15)9-3-4-9)10-5-1-8(7-14)2-6-10;/h1-2,5-7,9,11,15-16H,3-4,13H2;1H/t11-,12-;/m1./s1. The fraction of sp³-hybridized carbons (Fsp3) is 0.417. The van der Waals surface area contributed by atoms with Gasteiger partial charge in [0.15, 0.2) is 5.72 Å². The number of rotatable bonds is 4. The van der Waals surface area contributed by atoms with Crippen molar-refractivity contribution in [2.75, 3.05) is 0 Å². The highest BCUT2D eigenvalue weighted by atomic mass is 35.5. The molecule has 0 saturated heterocycles. The Morgan fingerprint density at radius 1 is 1.35 bits per heavy atom. The summed E-state index contributed by atoms with van der Waals surface area (Å²) in [6, 6.07) is 6.27. The molecule has 0 radical (unpaired) electrons. The van der Waals surface area contributed by atoms with E-state index < -0.39 is 11.8 Å². The Labute approximate surface area is 106 Å². The zero-order valence-electron chi connectivity index (χ0n) is 9.24. The Bertz CT molecular complexity index is 387. The van der Waals surface area contributed by atoms with Gasteiger partial charge < -0.3 is 10.2 Å². The van der Waals surface area contributed by atoms with Gasteiger partial charge >= 0.3 is 0 Å². The molecule has 0 bridgehead atoms. The first kappa shape index (κ1) is 14.1. The van der Waals surface area contributed by atoms with Crippen LogP contribution in [0.3, 0.4) is 0 Å². The second kappa shape index (κ2) is 5.14. The maximum Gasteiger partial charge on any atom is 0.166 e. The zero-order valence-corrected chi connectivity index (χ0v) is 10.1. The van der Waals surface area contributed by atoms with Gasteiger partial charge in [-0.25, -0.2) is 0 Å². The molecule has 0 amide bonds. The van der Waals surface area contributed by atoms with Crippen LogP contribution >= 0.6 is 12.4 Å². The topological polar surface area (TPSA) is 83.5 Å². The van der Waals surface area contributed by atoms with E-state index in [1.807, 2.05) is 0 Å². The number of aldehydes is 1. The van der Waals surface area contributed by atoms with Gasteiger partial charge in [-0.15, -0.1) is 12.4 Å². The molecule has 5 heteroatoms. The van der Waals surface area contributed by atoms with Crippen LogP contribution in [0.25, 0.3) is 0 Å². The summed E-state index contributed by atoms with van der Waals surface area (Å²) in [6.07, 6.45) is 1.56. The highest BCUT2D eigenvalue weighted by molar-refractivity contribution is 5.85. The normalized spacial score (nSPS) is 19.9. The molecule has 4 nitrogen and oxygen atoms in total. The van der Waals surface area contributed by atoms with Crippen molar-refractivity contribution >= 4 is 18.7 Å². The van der Waals surface area contributed by atoms with E-state index in [9.17, 15) is 15.0 Å². The monoisotopic (exact) mass is 257 g/mol. The van der Waals surface area contributed by atoms with Crippen LogP contribution in [0.5, 0.6) is 0 Å². The molecule has 1 aliphatic carbocycles. The summed E-state index contributed by atoms with van der Waals surface area (Å²) in [4.78, 5) is 10.5. The minimum absolute atomic E-state index is 0. The van der Waals surface area contributed by atoms with Crippen molar-refractivity contribution in [2.45, 2.75) is 24.7 Å². The van der Waals surface area contributed by atoms with E-state index in [-0.39, 0.29) is 18.3 Å². The molecule has 0 heterocycles. The number of nitrogens with two attached hydrogens (primary N) is 1. The molecule has 2 atom stereocenters. The first-order valence-electron chi connectivity index (χ1n) is 5.30. The summed E-state index contributed by atoms with van der Waals surface area (Å²) in [7, 11) is 0. The summed E-state index contributed by atoms with van der Waals surface area (Å²) >= 11 is 0. The lowest BCUT2D eigenvalue weighted by Gasteiger charge is -2.29. The van der Waals surface area contributed by atoms with E-state index in [0.717, 1.165) is 19.1 Å². The third-order valence-electron chi connectivity index (χ3n) is 3.03. The smallest absolute Gasteiger partial charge is 0.166 e. The SMILES string of the molecule is Cl.N[C@@](O)(c1ccc(C=O)cc1)[C@H](O)C1CC1. The number of carbonyl (C=O) groups is 1. The zero-order chi connectivity index (χ0) is 11.8. The number of aliphatic hydroxyl groups is 2. The van der Waals surface area contributed by atoms with Crippen LogP contribution in [0.4, 0.5) is 0 Å². The summed E-state index contributed by atoms with van der Waals surface area (Å²) in [5, 5.41) is 19.9. The van der Waals surface area contributed by atoms with Gasteiger partial charge in [0.2, 0.25) is 0 Å². The minimum Gasteiger partial charge on any atom is -0.388 e. The Morgan fingerprint density at radius 3 is 2.29 bits per heavy atom. The second-order valence-electron chi connectivity index (χ2n) is 4.35. The lowest BCUT2D eigenvalue weighted by molar-refractivity contribution is -0.0863. The van der Waals surface area contributed by atoms with Gasteiger partial charge in [0.05, 0.1) is 0 Å². The molecule has 0 spiro atoms. The second-order valence-corrected chi connectivity index (χ2v) is 4.35. The molecular formula is C12H16ClNO3. The van der Waals surface area contributed by atoms with Crippen molar-refractivity contribution in [1.29, 1.82) is 0 Å². The predicted octanol–water partition coefficient (Wildman–Crippen LogP) is 0.796. The van der Waals surface area contributed by atoms with E-state index in [1.165, 1.54) is 0 Å². The fourth-order valence-corrected chi connectivity index (χ4v) is 1.77. The molecule has 4 N–H and O–H groups in total. The van der Waals surface area contributed by atoms with E-state index in [1.54, 1.807) is 24.3 Å². The van der Waals surface area contributed by atoms with E-state index >= 15 is 0 Å². The lowest BCUT2D eigenvalue weighted by atomic mass is 9.94.